The second kappa shape index (κ2) is 8.30. The molecular weight excluding hydrogens is 288 g/mol. The van der Waals surface area contributed by atoms with Crippen LogP contribution in [0.5, 0.6) is 5.75 Å². The largest absolute Gasteiger partial charge is 0.465 e. The lowest BCUT2D eigenvalue weighted by atomic mass is 9.80. The number of allylic oxidation sites excluding steroid dienone is 2. The molecule has 23 heavy (non-hydrogen) atoms. The zero-order valence-corrected chi connectivity index (χ0v) is 14.5. The Kier molecular flexibility index (Phi) is 6.40. The summed E-state index contributed by atoms with van der Waals surface area (Å²) >= 11 is 0. The van der Waals surface area contributed by atoms with E-state index in [-0.39, 0.29) is 6.29 Å². The van der Waals surface area contributed by atoms with E-state index in [4.69, 9.17) is 9.47 Å². The van der Waals surface area contributed by atoms with Crippen molar-refractivity contribution in [3.05, 3.63) is 41.5 Å². The molecule has 0 bridgehead atoms. The van der Waals surface area contributed by atoms with E-state index in [2.05, 4.69) is 19.9 Å². The van der Waals surface area contributed by atoms with E-state index in [0.29, 0.717) is 0 Å². The Morgan fingerprint density at radius 1 is 1.30 bits per heavy atom. The van der Waals surface area contributed by atoms with Gasteiger partial charge in [-0.3, -0.25) is 0 Å². The van der Waals surface area contributed by atoms with Crippen molar-refractivity contribution in [3.63, 3.8) is 0 Å². The molecule has 2 unspecified atom stereocenters. The van der Waals surface area contributed by atoms with Gasteiger partial charge in [-0.15, -0.1) is 0 Å². The Morgan fingerprint density at radius 2 is 2.04 bits per heavy atom. The Balaban J connectivity index is 2.00. The van der Waals surface area contributed by atoms with Crippen molar-refractivity contribution in [1.82, 2.24) is 0 Å². The van der Waals surface area contributed by atoms with Crippen LogP contribution in [0.15, 0.2) is 35.9 Å². The van der Waals surface area contributed by atoms with Crippen molar-refractivity contribution in [3.8, 4) is 5.75 Å². The van der Waals surface area contributed by atoms with Gasteiger partial charge in [0, 0.05) is 11.8 Å². The quantitative estimate of drug-likeness (QED) is 0.535. The SMILES string of the molecule is CC(C)=CCCC(C)(C=O)c1ccc(OC2CCCCO2)cc1. The number of carbonyl (C=O) groups is 1. The summed E-state index contributed by atoms with van der Waals surface area (Å²) in [6, 6.07) is 7.87. The van der Waals surface area contributed by atoms with Crippen molar-refractivity contribution in [1.29, 1.82) is 0 Å². The van der Waals surface area contributed by atoms with Crippen LogP contribution in [-0.2, 0) is 14.9 Å². The Morgan fingerprint density at radius 3 is 2.61 bits per heavy atom. The van der Waals surface area contributed by atoms with E-state index in [1.165, 1.54) is 5.57 Å². The second-order valence-corrected chi connectivity index (χ2v) is 6.79. The predicted octanol–water partition coefficient (Wildman–Crippen LogP) is 4.80. The van der Waals surface area contributed by atoms with Gasteiger partial charge in [-0.2, -0.15) is 0 Å². The molecule has 1 aromatic rings. The maximum atomic E-state index is 11.6. The van der Waals surface area contributed by atoms with Crippen LogP contribution in [0.4, 0.5) is 0 Å². The van der Waals surface area contributed by atoms with Crippen LogP contribution in [0.25, 0.3) is 0 Å². The van der Waals surface area contributed by atoms with E-state index in [1.807, 2.05) is 31.2 Å². The van der Waals surface area contributed by atoms with Crippen LogP contribution >= 0.6 is 0 Å². The number of aldehydes is 1. The number of hydrogen-bond donors (Lipinski definition) is 0. The highest BCUT2D eigenvalue weighted by molar-refractivity contribution is 5.68. The molecule has 3 heteroatoms. The van der Waals surface area contributed by atoms with Gasteiger partial charge in [0.05, 0.1) is 6.61 Å². The minimum absolute atomic E-state index is 0.135. The van der Waals surface area contributed by atoms with E-state index >= 15 is 0 Å². The second-order valence-electron chi connectivity index (χ2n) is 6.79. The van der Waals surface area contributed by atoms with Crippen LogP contribution < -0.4 is 4.74 Å². The molecule has 126 valence electrons. The summed E-state index contributed by atoms with van der Waals surface area (Å²) in [7, 11) is 0. The molecule has 2 atom stereocenters. The summed E-state index contributed by atoms with van der Waals surface area (Å²) in [6.45, 7) is 6.94. The van der Waals surface area contributed by atoms with E-state index < -0.39 is 5.41 Å². The van der Waals surface area contributed by atoms with Crippen molar-refractivity contribution in [2.24, 2.45) is 0 Å². The van der Waals surface area contributed by atoms with Gasteiger partial charge < -0.3 is 14.3 Å². The average molecular weight is 316 g/mol. The maximum Gasteiger partial charge on any atom is 0.199 e. The van der Waals surface area contributed by atoms with Gasteiger partial charge >= 0.3 is 0 Å². The van der Waals surface area contributed by atoms with Crippen LogP contribution in [0.1, 0.15) is 58.4 Å². The molecule has 0 N–H and O–H groups in total. The molecule has 1 aliphatic heterocycles. The molecule has 2 rings (SSSR count). The lowest BCUT2D eigenvalue weighted by Gasteiger charge is -2.25. The van der Waals surface area contributed by atoms with Gasteiger partial charge in [-0.25, -0.2) is 0 Å². The lowest BCUT2D eigenvalue weighted by Crippen LogP contribution is -2.25. The van der Waals surface area contributed by atoms with Crippen molar-refractivity contribution < 1.29 is 14.3 Å². The molecule has 0 radical (unpaired) electrons. The maximum absolute atomic E-state index is 11.6. The Hall–Kier alpha value is -1.61. The summed E-state index contributed by atoms with van der Waals surface area (Å²) in [5.74, 6) is 0.804. The van der Waals surface area contributed by atoms with E-state index in [1.54, 1.807) is 0 Å². The molecule has 0 aromatic heterocycles. The molecule has 0 saturated carbocycles. The monoisotopic (exact) mass is 316 g/mol. The summed E-state index contributed by atoms with van der Waals surface area (Å²) in [5.41, 5.74) is 1.87. The fourth-order valence-corrected chi connectivity index (χ4v) is 2.80. The Bertz CT molecular complexity index is 522. The molecule has 1 heterocycles. The summed E-state index contributed by atoms with van der Waals surface area (Å²) < 4.78 is 11.4. The highest BCUT2D eigenvalue weighted by Gasteiger charge is 2.25. The molecule has 0 amide bonds. The first kappa shape index (κ1) is 17.7. The number of rotatable bonds is 7. The highest BCUT2D eigenvalue weighted by atomic mass is 16.7. The third kappa shape index (κ3) is 5.21. The fraction of sp³-hybridized carbons (Fsp3) is 0.550. The van der Waals surface area contributed by atoms with E-state index in [9.17, 15) is 4.79 Å². The third-order valence-electron chi connectivity index (χ3n) is 4.40. The van der Waals surface area contributed by atoms with Gasteiger partial charge in [0.2, 0.25) is 0 Å². The number of ether oxygens (including phenoxy) is 2. The van der Waals surface area contributed by atoms with Gasteiger partial charge in [0.1, 0.15) is 12.0 Å². The smallest absolute Gasteiger partial charge is 0.199 e. The minimum atomic E-state index is -0.453. The number of hydrogen-bond acceptors (Lipinski definition) is 3. The van der Waals surface area contributed by atoms with Crippen molar-refractivity contribution in [2.45, 2.75) is 64.6 Å². The standard InChI is InChI=1S/C20H28O3/c1-16(2)7-6-13-20(3,15-21)17-9-11-18(12-10-17)23-19-8-4-5-14-22-19/h7,9-12,15,19H,4-6,8,13-14H2,1-3H3. The fourth-order valence-electron chi connectivity index (χ4n) is 2.80. The first-order valence-corrected chi connectivity index (χ1v) is 8.52. The van der Waals surface area contributed by atoms with Crippen LogP contribution in [0, 0.1) is 0 Å². The average Bonchev–Trinajstić information content (AvgIpc) is 2.56. The molecular formula is C20H28O3. The Labute approximate surface area is 139 Å². The lowest BCUT2D eigenvalue weighted by molar-refractivity contribution is -0.112. The third-order valence-corrected chi connectivity index (χ3v) is 4.40. The van der Waals surface area contributed by atoms with Gasteiger partial charge in [0.25, 0.3) is 0 Å². The highest BCUT2D eigenvalue weighted by Crippen LogP contribution is 2.29. The molecule has 1 fully saturated rings. The van der Waals surface area contributed by atoms with Crippen molar-refractivity contribution in [2.75, 3.05) is 6.61 Å². The van der Waals surface area contributed by atoms with E-state index in [0.717, 1.165) is 56.3 Å². The van der Waals surface area contributed by atoms with Gasteiger partial charge in [-0.1, -0.05) is 23.8 Å². The summed E-state index contributed by atoms with van der Waals surface area (Å²) in [5, 5.41) is 0. The zero-order valence-electron chi connectivity index (χ0n) is 14.5. The van der Waals surface area contributed by atoms with Crippen molar-refractivity contribution >= 4 is 6.29 Å². The van der Waals surface area contributed by atoms with Crippen LogP contribution in [0.2, 0.25) is 0 Å². The molecule has 3 nitrogen and oxygen atoms in total. The molecule has 1 aliphatic rings. The minimum Gasteiger partial charge on any atom is -0.465 e. The predicted molar refractivity (Wildman–Crippen MR) is 92.7 cm³/mol. The molecule has 0 aliphatic carbocycles. The number of benzene rings is 1. The van der Waals surface area contributed by atoms with Crippen LogP contribution in [-0.4, -0.2) is 19.2 Å². The number of carbonyl (C=O) groups excluding carboxylic acids is 1. The first-order chi connectivity index (χ1) is 11.0. The molecule has 1 saturated heterocycles. The summed E-state index contributed by atoms with van der Waals surface area (Å²) in [4.78, 5) is 11.6. The first-order valence-electron chi connectivity index (χ1n) is 8.52. The topological polar surface area (TPSA) is 35.5 Å². The molecule has 1 aromatic carbocycles. The normalized spacial score (nSPS) is 20.4. The zero-order chi connectivity index (χ0) is 16.7. The van der Waals surface area contributed by atoms with Gasteiger partial charge in [-0.05, 0) is 64.2 Å². The molecule has 0 spiro atoms. The van der Waals surface area contributed by atoms with Crippen LogP contribution in [0.3, 0.4) is 0 Å². The van der Waals surface area contributed by atoms with Gasteiger partial charge in [0.15, 0.2) is 6.29 Å². The summed E-state index contributed by atoms with van der Waals surface area (Å²) in [6.07, 6.45) is 8.03.